The average Bonchev–Trinajstić information content (AvgIpc) is 2.90. The molecular weight excluding hydrogens is 523 g/mol. The molecule has 2 aromatic rings. The molecule has 2 atom stereocenters. The lowest BCUT2D eigenvalue weighted by Gasteiger charge is -2.30. The molecule has 1 aliphatic heterocycles. The van der Waals surface area contributed by atoms with Crippen molar-refractivity contribution in [2.45, 2.75) is 12.8 Å². The van der Waals surface area contributed by atoms with Gasteiger partial charge in [-0.25, -0.2) is 0 Å². The predicted molar refractivity (Wildman–Crippen MR) is 130 cm³/mol. The second-order valence-electron chi connectivity index (χ2n) is 7.98. The average molecular weight is 550 g/mol. The zero-order chi connectivity index (χ0) is 27.5. The Morgan fingerprint density at radius 2 is 1.34 bits per heavy atom. The molecule has 1 aliphatic rings. The van der Waals surface area contributed by atoms with Crippen LogP contribution in [0.1, 0.15) is 12.8 Å². The largest absolute Gasteiger partial charge is 0.439 e. The normalized spacial score (nSPS) is 16.2. The first-order chi connectivity index (χ1) is 18.3. The fourth-order valence-electron chi connectivity index (χ4n) is 3.62. The van der Waals surface area contributed by atoms with Crippen LogP contribution in [0.25, 0.3) is 11.1 Å². The Bertz CT molecular complexity index is 1210. The van der Waals surface area contributed by atoms with Crippen LogP contribution < -0.4 is 9.83 Å². The van der Waals surface area contributed by atoms with E-state index in [4.69, 9.17) is 18.7 Å². The van der Waals surface area contributed by atoms with Crippen LogP contribution >= 0.6 is 7.37 Å². The lowest BCUT2D eigenvalue weighted by molar-refractivity contribution is -0.174. The predicted octanol–water partition coefficient (Wildman–Crippen LogP) is 2.38. The lowest BCUT2D eigenvalue weighted by Crippen LogP contribution is -2.30. The molecular formula is C25H27O12P. The van der Waals surface area contributed by atoms with Gasteiger partial charge in [-0.2, -0.15) is 0 Å². The van der Waals surface area contributed by atoms with E-state index in [9.17, 15) is 23.7 Å². The van der Waals surface area contributed by atoms with Gasteiger partial charge in [-0.1, -0.05) is 36.4 Å². The Morgan fingerprint density at radius 1 is 0.763 bits per heavy atom. The quantitative estimate of drug-likeness (QED) is 0.118. The number of ether oxygens (including phenoxy) is 6. The molecule has 0 aliphatic carbocycles. The number of benzene rings is 2. The lowest BCUT2D eigenvalue weighted by atomic mass is 10.0. The van der Waals surface area contributed by atoms with E-state index in [-0.39, 0.29) is 19.7 Å². The Hall–Kier alpha value is -3.73. The van der Waals surface area contributed by atoms with Gasteiger partial charge in [0.25, 0.3) is 7.37 Å². The van der Waals surface area contributed by atoms with E-state index in [0.29, 0.717) is 16.6 Å². The van der Waals surface area contributed by atoms with Gasteiger partial charge >= 0.3 is 23.9 Å². The number of esters is 4. The van der Waals surface area contributed by atoms with Gasteiger partial charge in [0.1, 0.15) is 12.2 Å². The molecule has 38 heavy (non-hydrogen) atoms. The minimum absolute atomic E-state index is 0.328. The van der Waals surface area contributed by atoms with Crippen molar-refractivity contribution >= 4 is 36.6 Å². The minimum Gasteiger partial charge on any atom is -0.439 e. The third-order valence-corrected chi connectivity index (χ3v) is 7.82. The zero-order valence-electron chi connectivity index (χ0n) is 20.8. The van der Waals surface area contributed by atoms with Crippen LogP contribution in [0, 0.1) is 5.92 Å². The number of carbonyl (C=O) groups excluding carboxylic acids is 4. The van der Waals surface area contributed by atoms with Crippen molar-refractivity contribution in [2.24, 2.45) is 5.92 Å². The summed E-state index contributed by atoms with van der Waals surface area (Å²) in [6.07, 6.45) is -1.62. The summed E-state index contributed by atoms with van der Waals surface area (Å²) in [6, 6.07) is 14.0. The van der Waals surface area contributed by atoms with Gasteiger partial charge in [0.2, 0.25) is 6.79 Å². The van der Waals surface area contributed by atoms with Crippen LogP contribution in [0.5, 0.6) is 5.75 Å². The summed E-state index contributed by atoms with van der Waals surface area (Å²) in [5.74, 6) is -4.51. The van der Waals surface area contributed by atoms with Crippen LogP contribution in [0.2, 0.25) is 0 Å². The first kappa shape index (κ1) is 28.8. The van der Waals surface area contributed by atoms with E-state index in [1.54, 1.807) is 36.4 Å². The van der Waals surface area contributed by atoms with E-state index < -0.39 is 56.8 Å². The van der Waals surface area contributed by atoms with Crippen molar-refractivity contribution in [3.63, 3.8) is 0 Å². The number of para-hydroxylation sites is 1. The maximum absolute atomic E-state index is 14.1. The maximum atomic E-state index is 14.1. The van der Waals surface area contributed by atoms with Crippen molar-refractivity contribution in [3.8, 4) is 16.9 Å². The third-order valence-electron chi connectivity index (χ3n) is 5.29. The summed E-state index contributed by atoms with van der Waals surface area (Å²) >= 11 is 0. The van der Waals surface area contributed by atoms with Gasteiger partial charge in [0.05, 0.1) is 23.8 Å². The molecule has 204 valence electrons. The highest BCUT2D eigenvalue weighted by Crippen LogP contribution is 2.55. The standard InChI is InChI=1S/C25H27O12P/c1-31-14-33-23(27)12-24(28)35-16-34-22(26)11-17(25(29)36-15-32-2)13-38(30)21-10-6-4-8-19(21)18-7-3-5-9-20(18)37-38/h3-10,17H,11-16H2,1-2H3. The Morgan fingerprint density at radius 3 is 2.05 bits per heavy atom. The number of hydrogen-bond acceptors (Lipinski definition) is 12. The fraction of sp³-hybridized carbons (Fsp3) is 0.360. The molecule has 0 bridgehead atoms. The number of methoxy groups -OCH3 is 2. The second kappa shape index (κ2) is 13.7. The third kappa shape index (κ3) is 7.64. The van der Waals surface area contributed by atoms with Crippen LogP contribution in [0.4, 0.5) is 0 Å². The highest BCUT2D eigenvalue weighted by molar-refractivity contribution is 7.67. The van der Waals surface area contributed by atoms with E-state index in [1.165, 1.54) is 14.2 Å². The van der Waals surface area contributed by atoms with Crippen LogP contribution in [-0.2, 0) is 52.2 Å². The zero-order valence-corrected chi connectivity index (χ0v) is 21.7. The van der Waals surface area contributed by atoms with Gasteiger partial charge in [0, 0.05) is 19.8 Å². The minimum atomic E-state index is -3.70. The molecule has 12 nitrogen and oxygen atoms in total. The monoisotopic (exact) mass is 550 g/mol. The molecule has 0 saturated heterocycles. The first-order valence-electron chi connectivity index (χ1n) is 11.4. The van der Waals surface area contributed by atoms with Crippen LogP contribution in [0.3, 0.4) is 0 Å². The maximum Gasteiger partial charge on any atom is 0.320 e. The van der Waals surface area contributed by atoms with Crippen molar-refractivity contribution in [3.05, 3.63) is 48.5 Å². The molecule has 2 unspecified atom stereocenters. The second-order valence-corrected chi connectivity index (χ2v) is 10.4. The smallest absolute Gasteiger partial charge is 0.320 e. The van der Waals surface area contributed by atoms with Crippen LogP contribution in [0.15, 0.2) is 48.5 Å². The van der Waals surface area contributed by atoms with Gasteiger partial charge in [0.15, 0.2) is 13.6 Å². The number of fused-ring (bicyclic) bond motifs is 3. The summed E-state index contributed by atoms with van der Waals surface area (Å²) in [5, 5.41) is 0.408. The van der Waals surface area contributed by atoms with Crippen molar-refractivity contribution in [1.29, 1.82) is 0 Å². The van der Waals surface area contributed by atoms with Gasteiger partial charge in [-0.05, 0) is 17.7 Å². The van der Waals surface area contributed by atoms with Gasteiger partial charge in [-0.3, -0.25) is 23.7 Å². The molecule has 0 fully saturated rings. The topological polar surface area (TPSA) is 150 Å². The molecule has 13 heteroatoms. The van der Waals surface area contributed by atoms with E-state index in [0.717, 1.165) is 5.56 Å². The number of carbonyl (C=O) groups is 4. The molecule has 3 rings (SSSR count). The Kier molecular flexibility index (Phi) is 10.4. The molecule has 2 aromatic carbocycles. The molecule has 0 N–H and O–H groups in total. The summed E-state index contributed by atoms with van der Waals surface area (Å²) in [7, 11) is -1.08. The molecule has 0 amide bonds. The van der Waals surface area contributed by atoms with E-state index in [1.807, 2.05) is 12.1 Å². The van der Waals surface area contributed by atoms with Crippen molar-refractivity contribution in [2.75, 3.05) is 40.8 Å². The molecule has 0 saturated carbocycles. The molecule has 0 spiro atoms. The fourth-order valence-corrected chi connectivity index (χ4v) is 6.20. The molecule has 1 heterocycles. The SMILES string of the molecule is COCOC(=O)CC(=O)OCOC(=O)CC(CP1(=O)Oc2ccccc2-c2ccccc21)C(=O)OCOC. The van der Waals surface area contributed by atoms with Crippen molar-refractivity contribution in [1.82, 2.24) is 0 Å². The van der Waals surface area contributed by atoms with Crippen molar-refractivity contribution < 1.29 is 56.7 Å². The summed E-state index contributed by atoms with van der Waals surface area (Å²) in [5.41, 5.74) is 1.45. The van der Waals surface area contributed by atoms with E-state index in [2.05, 4.69) is 14.2 Å². The Labute approximate surface area is 218 Å². The van der Waals surface area contributed by atoms with E-state index >= 15 is 0 Å². The van der Waals surface area contributed by atoms with Gasteiger partial charge < -0.3 is 32.9 Å². The summed E-state index contributed by atoms with van der Waals surface area (Å²) in [6.45, 7) is -1.52. The number of rotatable bonds is 13. The Balaban J connectivity index is 1.68. The molecule has 0 radical (unpaired) electrons. The summed E-state index contributed by atoms with van der Waals surface area (Å²) in [4.78, 5) is 48.3. The van der Waals surface area contributed by atoms with Crippen LogP contribution in [-0.4, -0.2) is 64.6 Å². The molecule has 0 aromatic heterocycles. The highest BCUT2D eigenvalue weighted by Gasteiger charge is 2.41. The summed E-state index contributed by atoms with van der Waals surface area (Å²) < 4.78 is 48.5. The van der Waals surface area contributed by atoms with Gasteiger partial charge in [-0.15, -0.1) is 0 Å². The highest BCUT2D eigenvalue weighted by atomic mass is 31.2. The number of hydrogen-bond donors (Lipinski definition) is 0. The first-order valence-corrected chi connectivity index (χ1v) is 13.2.